The molecule has 0 amide bonds. The second-order valence-corrected chi connectivity index (χ2v) is 6.42. The van der Waals surface area contributed by atoms with E-state index in [2.05, 4.69) is 30.8 Å². The van der Waals surface area contributed by atoms with E-state index in [4.69, 9.17) is 10.2 Å². The minimum atomic E-state index is -3.83. The molecule has 0 saturated carbocycles. The highest BCUT2D eigenvalue weighted by atomic mass is 79.9. The van der Waals surface area contributed by atoms with E-state index in [0.29, 0.717) is 15.7 Å². The summed E-state index contributed by atoms with van der Waals surface area (Å²) in [5, 5.41) is 7.13. The lowest BCUT2D eigenvalue weighted by Gasteiger charge is -2.10. The SMILES string of the molecule is Cc1nnc(NS(=O)(=O)c2cc(Br)cc(N)c2C)o1. The lowest BCUT2D eigenvalue weighted by atomic mass is 10.2. The van der Waals surface area contributed by atoms with Gasteiger partial charge in [0.05, 0.1) is 4.90 Å². The van der Waals surface area contributed by atoms with Gasteiger partial charge in [0.2, 0.25) is 5.89 Å². The van der Waals surface area contributed by atoms with Gasteiger partial charge in [0.15, 0.2) is 0 Å². The topological polar surface area (TPSA) is 111 Å². The highest BCUT2D eigenvalue weighted by Crippen LogP contribution is 2.27. The van der Waals surface area contributed by atoms with Crippen molar-refractivity contribution in [2.75, 3.05) is 10.5 Å². The third kappa shape index (κ3) is 2.87. The van der Waals surface area contributed by atoms with E-state index >= 15 is 0 Å². The van der Waals surface area contributed by atoms with Gasteiger partial charge in [0, 0.05) is 17.1 Å². The van der Waals surface area contributed by atoms with Crippen molar-refractivity contribution in [3.8, 4) is 0 Å². The predicted molar refractivity (Wildman–Crippen MR) is 73.1 cm³/mol. The fourth-order valence-corrected chi connectivity index (χ4v) is 3.31. The molecule has 9 heteroatoms. The smallest absolute Gasteiger partial charge is 0.329 e. The van der Waals surface area contributed by atoms with Crippen molar-refractivity contribution in [2.45, 2.75) is 18.7 Å². The minimum absolute atomic E-state index is 0.0511. The van der Waals surface area contributed by atoms with Crippen LogP contribution in [0.2, 0.25) is 0 Å². The van der Waals surface area contributed by atoms with Gasteiger partial charge >= 0.3 is 6.01 Å². The summed E-state index contributed by atoms with van der Waals surface area (Å²) >= 11 is 3.21. The number of anilines is 2. The van der Waals surface area contributed by atoms with Gasteiger partial charge in [-0.3, -0.25) is 0 Å². The number of rotatable bonds is 3. The zero-order valence-electron chi connectivity index (χ0n) is 10.1. The van der Waals surface area contributed by atoms with Crippen LogP contribution in [0.5, 0.6) is 0 Å². The number of aromatic nitrogens is 2. The number of nitrogens with zero attached hydrogens (tertiary/aromatic N) is 2. The molecule has 1 heterocycles. The number of benzene rings is 1. The molecule has 1 aromatic carbocycles. The first kappa shape index (κ1) is 13.8. The van der Waals surface area contributed by atoms with Crippen LogP contribution in [0.15, 0.2) is 25.9 Å². The first-order chi connectivity index (χ1) is 8.79. The summed E-state index contributed by atoms with van der Waals surface area (Å²) in [5.74, 6) is 0.267. The van der Waals surface area contributed by atoms with Gasteiger partial charge in [-0.2, -0.15) is 0 Å². The molecule has 0 radical (unpaired) electrons. The Labute approximate surface area is 118 Å². The van der Waals surface area contributed by atoms with Gasteiger partial charge in [0.25, 0.3) is 10.0 Å². The van der Waals surface area contributed by atoms with Crippen molar-refractivity contribution in [1.82, 2.24) is 10.2 Å². The van der Waals surface area contributed by atoms with Crippen LogP contribution in [-0.2, 0) is 10.0 Å². The van der Waals surface area contributed by atoms with Crippen molar-refractivity contribution in [3.05, 3.63) is 28.1 Å². The van der Waals surface area contributed by atoms with Gasteiger partial charge in [0.1, 0.15) is 0 Å². The Morgan fingerprint density at radius 1 is 1.32 bits per heavy atom. The predicted octanol–water partition coefficient (Wildman–Crippen LogP) is 1.83. The highest BCUT2D eigenvalue weighted by Gasteiger charge is 2.21. The summed E-state index contributed by atoms with van der Waals surface area (Å²) in [5.41, 5.74) is 6.56. The average molecular weight is 347 g/mol. The number of nitrogen functional groups attached to an aromatic ring is 1. The number of nitrogens with one attached hydrogen (secondary N) is 1. The average Bonchev–Trinajstić information content (AvgIpc) is 2.68. The Morgan fingerprint density at radius 2 is 2.00 bits per heavy atom. The summed E-state index contributed by atoms with van der Waals surface area (Å²) in [4.78, 5) is 0.0511. The summed E-state index contributed by atoms with van der Waals surface area (Å²) in [6.45, 7) is 3.18. The van der Waals surface area contributed by atoms with Gasteiger partial charge in [-0.05, 0) is 24.6 Å². The monoisotopic (exact) mass is 346 g/mol. The number of hydrogen-bond donors (Lipinski definition) is 2. The summed E-state index contributed by atoms with van der Waals surface area (Å²) in [7, 11) is -3.83. The van der Waals surface area contributed by atoms with Gasteiger partial charge in [-0.1, -0.05) is 21.0 Å². The van der Waals surface area contributed by atoms with Gasteiger partial charge in [-0.25, -0.2) is 13.1 Å². The Hall–Kier alpha value is -1.61. The lowest BCUT2D eigenvalue weighted by molar-refractivity contribution is 0.534. The maximum atomic E-state index is 12.2. The van der Waals surface area contributed by atoms with Gasteiger partial charge < -0.3 is 10.2 Å². The van der Waals surface area contributed by atoms with E-state index in [1.165, 1.54) is 6.07 Å². The van der Waals surface area contributed by atoms with E-state index in [1.807, 2.05) is 0 Å². The normalized spacial score (nSPS) is 11.5. The molecule has 19 heavy (non-hydrogen) atoms. The molecule has 1 aromatic heterocycles. The number of sulfonamides is 1. The molecule has 2 aromatic rings. The largest absolute Gasteiger partial charge is 0.408 e. The van der Waals surface area contributed by atoms with Crippen LogP contribution in [0.1, 0.15) is 11.5 Å². The van der Waals surface area contributed by atoms with Crippen LogP contribution in [0.3, 0.4) is 0 Å². The molecular weight excluding hydrogens is 336 g/mol. The van der Waals surface area contributed by atoms with E-state index in [1.54, 1.807) is 19.9 Å². The first-order valence-electron chi connectivity index (χ1n) is 5.18. The third-order valence-corrected chi connectivity index (χ3v) is 4.31. The van der Waals surface area contributed by atoms with Crippen molar-refractivity contribution in [1.29, 1.82) is 0 Å². The summed E-state index contributed by atoms with van der Waals surface area (Å²) in [6, 6.07) is 2.90. The highest BCUT2D eigenvalue weighted by molar-refractivity contribution is 9.10. The number of nitrogens with two attached hydrogens (primary N) is 1. The van der Waals surface area contributed by atoms with E-state index in [0.717, 1.165) is 0 Å². The van der Waals surface area contributed by atoms with Crippen LogP contribution >= 0.6 is 15.9 Å². The van der Waals surface area contributed by atoms with Gasteiger partial charge in [-0.15, -0.1) is 5.10 Å². The second kappa shape index (κ2) is 4.82. The first-order valence-corrected chi connectivity index (χ1v) is 7.46. The zero-order valence-corrected chi connectivity index (χ0v) is 12.5. The van der Waals surface area contributed by atoms with Crippen molar-refractivity contribution >= 4 is 37.7 Å². The van der Waals surface area contributed by atoms with Crippen LogP contribution in [0.25, 0.3) is 0 Å². The molecule has 0 aliphatic rings. The van der Waals surface area contributed by atoms with Crippen molar-refractivity contribution in [3.63, 3.8) is 0 Å². The molecular formula is C10H11BrN4O3S. The standard InChI is InChI=1S/C10H11BrN4O3S/c1-5-8(12)3-7(11)4-9(5)19(16,17)15-10-14-13-6(2)18-10/h3-4H,12H2,1-2H3,(H,14,15). The lowest BCUT2D eigenvalue weighted by Crippen LogP contribution is -2.15. The van der Waals surface area contributed by atoms with Crippen LogP contribution in [0, 0.1) is 13.8 Å². The molecule has 0 fully saturated rings. The Kier molecular flexibility index (Phi) is 3.50. The fourth-order valence-electron chi connectivity index (χ4n) is 1.46. The van der Waals surface area contributed by atoms with E-state index in [-0.39, 0.29) is 16.8 Å². The van der Waals surface area contributed by atoms with Crippen LogP contribution in [-0.4, -0.2) is 18.6 Å². The Bertz CT molecular complexity index is 726. The Morgan fingerprint density at radius 3 is 2.58 bits per heavy atom. The maximum absolute atomic E-state index is 12.2. The zero-order chi connectivity index (χ0) is 14.2. The van der Waals surface area contributed by atoms with Crippen LogP contribution < -0.4 is 10.5 Å². The molecule has 0 aliphatic heterocycles. The summed E-state index contributed by atoms with van der Waals surface area (Å²) < 4.78 is 32.2. The molecule has 2 rings (SSSR count). The maximum Gasteiger partial charge on any atom is 0.329 e. The quantitative estimate of drug-likeness (QED) is 0.820. The summed E-state index contributed by atoms with van der Waals surface area (Å²) in [6.07, 6.45) is 0. The molecule has 0 bridgehead atoms. The minimum Gasteiger partial charge on any atom is -0.408 e. The number of hydrogen-bond acceptors (Lipinski definition) is 6. The molecule has 3 N–H and O–H groups in total. The Balaban J connectivity index is 2.45. The van der Waals surface area contributed by atoms with Crippen molar-refractivity contribution in [2.24, 2.45) is 0 Å². The van der Waals surface area contributed by atoms with E-state index in [9.17, 15) is 8.42 Å². The molecule has 0 atom stereocenters. The molecule has 102 valence electrons. The number of halogens is 1. The van der Waals surface area contributed by atoms with E-state index < -0.39 is 10.0 Å². The fraction of sp³-hybridized carbons (Fsp3) is 0.200. The molecule has 0 spiro atoms. The third-order valence-electron chi connectivity index (χ3n) is 2.40. The van der Waals surface area contributed by atoms with Crippen molar-refractivity contribution < 1.29 is 12.8 Å². The van der Waals surface area contributed by atoms with Crippen LogP contribution in [0.4, 0.5) is 11.7 Å². The number of aryl methyl sites for hydroxylation is 1. The molecule has 7 nitrogen and oxygen atoms in total. The molecule has 0 saturated heterocycles. The molecule has 0 unspecified atom stereocenters. The molecule has 0 aliphatic carbocycles. The second-order valence-electron chi connectivity index (χ2n) is 3.85.